The van der Waals surface area contributed by atoms with Gasteiger partial charge in [0.1, 0.15) is 5.82 Å². The molecule has 0 aliphatic rings. The van der Waals surface area contributed by atoms with Gasteiger partial charge in [-0.25, -0.2) is 4.98 Å². The van der Waals surface area contributed by atoms with Gasteiger partial charge in [0.05, 0.1) is 16.8 Å². The Labute approximate surface area is 80.6 Å². The van der Waals surface area contributed by atoms with E-state index in [9.17, 15) is 0 Å². The van der Waals surface area contributed by atoms with E-state index in [1.807, 2.05) is 24.4 Å². The minimum absolute atomic E-state index is 0.0150. The highest BCUT2D eigenvalue weighted by molar-refractivity contribution is 7.13. The molecule has 2 aromatic rings. The average Bonchev–Trinajstić information content (AvgIpc) is 2.75. The molecule has 0 saturated heterocycles. The van der Waals surface area contributed by atoms with Gasteiger partial charge in [0.15, 0.2) is 0 Å². The molecule has 2 aromatic heterocycles. The van der Waals surface area contributed by atoms with Crippen LogP contribution in [-0.2, 0) is 0 Å². The molecule has 0 spiro atoms. The zero-order chi connectivity index (χ0) is 9.26. The van der Waals surface area contributed by atoms with Gasteiger partial charge in [0.25, 0.3) is 0 Å². The van der Waals surface area contributed by atoms with Gasteiger partial charge in [0, 0.05) is 6.04 Å². The van der Waals surface area contributed by atoms with Crippen molar-refractivity contribution in [1.82, 2.24) is 9.97 Å². The quantitative estimate of drug-likeness (QED) is 0.767. The first-order valence-electron chi connectivity index (χ1n) is 4.12. The summed E-state index contributed by atoms with van der Waals surface area (Å²) in [4.78, 5) is 8.59. The van der Waals surface area contributed by atoms with Crippen LogP contribution in [0.15, 0.2) is 23.7 Å². The molecular formula is C9H11N3S. The van der Waals surface area contributed by atoms with E-state index in [0.29, 0.717) is 0 Å². The van der Waals surface area contributed by atoms with Crippen molar-refractivity contribution in [3.63, 3.8) is 0 Å². The monoisotopic (exact) mass is 193 g/mol. The summed E-state index contributed by atoms with van der Waals surface area (Å²) in [6.45, 7) is 1.94. The predicted octanol–water partition coefficient (Wildman–Crippen LogP) is 2.16. The molecular weight excluding hydrogens is 182 g/mol. The smallest absolute Gasteiger partial charge is 0.147 e. The third kappa shape index (κ3) is 1.64. The Bertz CT molecular complexity index is 375. The summed E-state index contributed by atoms with van der Waals surface area (Å²) in [7, 11) is 0. The number of hydrogen-bond acceptors (Lipinski definition) is 3. The summed E-state index contributed by atoms with van der Waals surface area (Å²) in [6, 6.07) is 4.06. The minimum Gasteiger partial charge on any atom is -0.340 e. The van der Waals surface area contributed by atoms with Crippen molar-refractivity contribution in [2.75, 3.05) is 0 Å². The first-order valence-corrected chi connectivity index (χ1v) is 4.99. The largest absolute Gasteiger partial charge is 0.340 e. The van der Waals surface area contributed by atoms with E-state index in [1.165, 1.54) is 0 Å². The Hall–Kier alpha value is -1.13. The molecule has 68 valence electrons. The van der Waals surface area contributed by atoms with Crippen molar-refractivity contribution in [2.24, 2.45) is 5.73 Å². The Morgan fingerprint density at radius 2 is 2.46 bits per heavy atom. The van der Waals surface area contributed by atoms with Crippen molar-refractivity contribution in [3.8, 4) is 10.7 Å². The van der Waals surface area contributed by atoms with Crippen LogP contribution in [0.5, 0.6) is 0 Å². The number of H-pyrrole nitrogens is 1. The van der Waals surface area contributed by atoms with Crippen molar-refractivity contribution < 1.29 is 0 Å². The Morgan fingerprint density at radius 3 is 3.00 bits per heavy atom. The van der Waals surface area contributed by atoms with Crippen LogP contribution in [0.4, 0.5) is 0 Å². The van der Waals surface area contributed by atoms with Gasteiger partial charge in [0.2, 0.25) is 0 Å². The molecule has 0 radical (unpaired) electrons. The summed E-state index contributed by atoms with van der Waals surface area (Å²) in [5.74, 6) is 0.905. The van der Waals surface area contributed by atoms with Crippen LogP contribution in [-0.4, -0.2) is 9.97 Å². The Kier molecular flexibility index (Phi) is 2.16. The zero-order valence-corrected chi connectivity index (χ0v) is 8.14. The van der Waals surface area contributed by atoms with Crippen molar-refractivity contribution in [1.29, 1.82) is 0 Å². The van der Waals surface area contributed by atoms with Gasteiger partial charge in [-0.05, 0) is 18.4 Å². The molecule has 0 fully saturated rings. The maximum absolute atomic E-state index is 5.71. The van der Waals surface area contributed by atoms with Crippen molar-refractivity contribution in [2.45, 2.75) is 13.0 Å². The van der Waals surface area contributed by atoms with Crippen LogP contribution in [0.3, 0.4) is 0 Å². The second-order valence-electron chi connectivity index (χ2n) is 2.95. The first-order chi connectivity index (χ1) is 6.27. The van der Waals surface area contributed by atoms with Gasteiger partial charge in [-0.15, -0.1) is 11.3 Å². The SMILES string of the molecule is CC(N)c1cnc(-c2cccs2)[nH]1. The lowest BCUT2D eigenvalue weighted by Gasteiger charge is -1.98. The fourth-order valence-corrected chi connectivity index (χ4v) is 1.78. The fourth-order valence-electron chi connectivity index (χ4n) is 1.11. The number of nitrogens with one attached hydrogen (secondary N) is 1. The molecule has 3 N–H and O–H groups in total. The molecule has 3 nitrogen and oxygen atoms in total. The summed E-state index contributed by atoms with van der Waals surface area (Å²) in [6.07, 6.45) is 1.79. The number of aromatic amines is 1. The van der Waals surface area contributed by atoms with Crippen LogP contribution in [0.25, 0.3) is 10.7 Å². The van der Waals surface area contributed by atoms with Gasteiger partial charge >= 0.3 is 0 Å². The number of imidazole rings is 1. The predicted molar refractivity (Wildman–Crippen MR) is 54.5 cm³/mol. The van der Waals surface area contributed by atoms with Crippen LogP contribution in [0.1, 0.15) is 18.7 Å². The molecule has 13 heavy (non-hydrogen) atoms. The van der Waals surface area contributed by atoms with Crippen LogP contribution >= 0.6 is 11.3 Å². The van der Waals surface area contributed by atoms with Crippen LogP contribution in [0, 0.1) is 0 Å². The molecule has 0 saturated carbocycles. The normalized spacial score (nSPS) is 13.1. The van der Waals surface area contributed by atoms with E-state index in [2.05, 4.69) is 9.97 Å². The van der Waals surface area contributed by atoms with E-state index in [4.69, 9.17) is 5.73 Å². The summed E-state index contributed by atoms with van der Waals surface area (Å²) >= 11 is 1.67. The zero-order valence-electron chi connectivity index (χ0n) is 7.32. The maximum Gasteiger partial charge on any atom is 0.147 e. The lowest BCUT2D eigenvalue weighted by atomic mass is 10.3. The summed E-state index contributed by atoms with van der Waals surface area (Å²) in [5, 5.41) is 2.03. The molecule has 0 aromatic carbocycles. The van der Waals surface area contributed by atoms with Crippen LogP contribution in [0.2, 0.25) is 0 Å². The molecule has 1 unspecified atom stereocenters. The summed E-state index contributed by atoms with van der Waals surface area (Å²) in [5.41, 5.74) is 6.69. The number of nitrogens with zero attached hydrogens (tertiary/aromatic N) is 1. The Morgan fingerprint density at radius 1 is 1.62 bits per heavy atom. The number of rotatable bonds is 2. The first kappa shape index (κ1) is 8.47. The highest BCUT2D eigenvalue weighted by atomic mass is 32.1. The molecule has 0 bridgehead atoms. The van der Waals surface area contributed by atoms with Gasteiger partial charge in [-0.3, -0.25) is 0 Å². The molecule has 0 aliphatic heterocycles. The average molecular weight is 193 g/mol. The molecule has 4 heteroatoms. The number of thiophene rings is 1. The number of nitrogens with two attached hydrogens (primary N) is 1. The topological polar surface area (TPSA) is 54.7 Å². The van der Waals surface area contributed by atoms with Gasteiger partial charge in [-0.2, -0.15) is 0 Å². The highest BCUT2D eigenvalue weighted by Crippen LogP contribution is 2.22. The molecule has 2 heterocycles. The third-order valence-corrected chi connectivity index (χ3v) is 2.72. The van der Waals surface area contributed by atoms with E-state index < -0.39 is 0 Å². The lowest BCUT2D eigenvalue weighted by molar-refractivity contribution is 0.789. The molecule has 2 rings (SSSR count). The summed E-state index contributed by atoms with van der Waals surface area (Å²) < 4.78 is 0. The molecule has 0 aliphatic carbocycles. The van der Waals surface area contributed by atoms with E-state index in [0.717, 1.165) is 16.4 Å². The van der Waals surface area contributed by atoms with E-state index >= 15 is 0 Å². The second-order valence-corrected chi connectivity index (χ2v) is 3.90. The minimum atomic E-state index is 0.0150. The van der Waals surface area contributed by atoms with Crippen LogP contribution < -0.4 is 5.73 Å². The Balaban J connectivity index is 2.33. The second kappa shape index (κ2) is 3.32. The standard InChI is InChI=1S/C9H11N3S/c1-6(10)7-5-11-9(12-7)8-3-2-4-13-8/h2-6H,10H2,1H3,(H,11,12). The lowest BCUT2D eigenvalue weighted by Crippen LogP contribution is -2.04. The fraction of sp³-hybridized carbons (Fsp3) is 0.222. The third-order valence-electron chi connectivity index (χ3n) is 1.84. The number of aromatic nitrogens is 2. The maximum atomic E-state index is 5.71. The molecule has 0 amide bonds. The van der Waals surface area contributed by atoms with Crippen molar-refractivity contribution in [3.05, 3.63) is 29.4 Å². The van der Waals surface area contributed by atoms with Gasteiger partial charge in [-0.1, -0.05) is 6.07 Å². The molecule has 1 atom stereocenters. The number of hydrogen-bond donors (Lipinski definition) is 2. The van der Waals surface area contributed by atoms with Gasteiger partial charge < -0.3 is 10.7 Å². The van der Waals surface area contributed by atoms with Crippen molar-refractivity contribution >= 4 is 11.3 Å². The van der Waals surface area contributed by atoms with E-state index in [-0.39, 0.29) is 6.04 Å². The van der Waals surface area contributed by atoms with E-state index in [1.54, 1.807) is 17.5 Å². The highest BCUT2D eigenvalue weighted by Gasteiger charge is 2.06.